The smallest absolute Gasteiger partial charge is 0.322 e. The van der Waals surface area contributed by atoms with Crippen LogP contribution in [0, 0.1) is 0 Å². The zero-order valence-corrected chi connectivity index (χ0v) is 14.8. The summed E-state index contributed by atoms with van der Waals surface area (Å²) in [6.45, 7) is 3.32. The van der Waals surface area contributed by atoms with E-state index >= 15 is 0 Å². The fraction of sp³-hybridized carbons (Fsp3) is 0.421. The van der Waals surface area contributed by atoms with Gasteiger partial charge in [0.15, 0.2) is 0 Å². The van der Waals surface area contributed by atoms with E-state index in [2.05, 4.69) is 22.8 Å². The molecule has 1 aromatic carbocycles. The van der Waals surface area contributed by atoms with E-state index in [4.69, 9.17) is 4.74 Å². The standard InChI is InChI=1S/C19H24N2O2S/c1-2-23-17-11-6-5-9-15(17)20-19(22)21-13-7-3-4-10-16(21)18-12-8-14-24-18/h5-6,8-9,11-12,14,16H,2-4,7,10,13H2,1H3,(H,20,22). The van der Waals surface area contributed by atoms with E-state index in [0.717, 1.165) is 30.8 Å². The molecule has 1 atom stereocenters. The number of likely N-dealkylation sites (tertiary alicyclic amines) is 1. The van der Waals surface area contributed by atoms with Crippen LogP contribution < -0.4 is 10.1 Å². The van der Waals surface area contributed by atoms with Crippen LogP contribution in [0.15, 0.2) is 41.8 Å². The van der Waals surface area contributed by atoms with Crippen molar-refractivity contribution in [2.45, 2.75) is 38.6 Å². The molecule has 1 aromatic heterocycles. The molecule has 24 heavy (non-hydrogen) atoms. The van der Waals surface area contributed by atoms with Crippen molar-refractivity contribution in [3.63, 3.8) is 0 Å². The highest BCUT2D eigenvalue weighted by Gasteiger charge is 2.27. The molecule has 3 rings (SSSR count). The summed E-state index contributed by atoms with van der Waals surface area (Å²) in [5.74, 6) is 0.718. The Labute approximate surface area is 147 Å². The van der Waals surface area contributed by atoms with Crippen LogP contribution in [-0.2, 0) is 0 Å². The molecule has 0 saturated carbocycles. The summed E-state index contributed by atoms with van der Waals surface area (Å²) in [5.41, 5.74) is 0.735. The molecule has 2 amide bonds. The minimum Gasteiger partial charge on any atom is -0.492 e. The van der Waals surface area contributed by atoms with Crippen molar-refractivity contribution in [1.29, 1.82) is 0 Å². The van der Waals surface area contributed by atoms with Crippen molar-refractivity contribution in [1.82, 2.24) is 4.90 Å². The van der Waals surface area contributed by atoms with Crippen molar-refractivity contribution in [2.75, 3.05) is 18.5 Å². The third kappa shape index (κ3) is 3.90. The lowest BCUT2D eigenvalue weighted by atomic mass is 10.1. The number of urea groups is 1. The average molecular weight is 344 g/mol. The number of rotatable bonds is 4. The topological polar surface area (TPSA) is 41.6 Å². The Morgan fingerprint density at radius 1 is 1.25 bits per heavy atom. The number of carbonyl (C=O) groups excluding carboxylic acids is 1. The first-order chi connectivity index (χ1) is 11.8. The van der Waals surface area contributed by atoms with Gasteiger partial charge in [-0.05, 0) is 43.3 Å². The first kappa shape index (κ1) is 16.8. The number of anilines is 1. The van der Waals surface area contributed by atoms with Gasteiger partial charge in [-0.25, -0.2) is 4.79 Å². The predicted octanol–water partition coefficient (Wildman–Crippen LogP) is 5.30. The molecule has 0 spiro atoms. The van der Waals surface area contributed by atoms with Gasteiger partial charge in [-0.2, -0.15) is 0 Å². The van der Waals surface area contributed by atoms with Crippen LogP contribution in [0.2, 0.25) is 0 Å². The normalized spacial score (nSPS) is 18.0. The fourth-order valence-electron chi connectivity index (χ4n) is 3.17. The van der Waals surface area contributed by atoms with Crippen molar-refractivity contribution in [2.24, 2.45) is 0 Å². The van der Waals surface area contributed by atoms with Gasteiger partial charge in [-0.15, -0.1) is 11.3 Å². The molecule has 2 aromatic rings. The summed E-state index contributed by atoms with van der Waals surface area (Å²) >= 11 is 1.73. The number of hydrogen-bond acceptors (Lipinski definition) is 3. The van der Waals surface area contributed by atoms with Gasteiger partial charge < -0.3 is 15.0 Å². The predicted molar refractivity (Wildman–Crippen MR) is 98.9 cm³/mol. The molecule has 2 heterocycles. The molecule has 0 bridgehead atoms. The first-order valence-electron chi connectivity index (χ1n) is 8.62. The van der Waals surface area contributed by atoms with Crippen molar-refractivity contribution in [3.05, 3.63) is 46.7 Å². The summed E-state index contributed by atoms with van der Waals surface area (Å²) < 4.78 is 5.62. The number of carbonyl (C=O) groups is 1. The maximum Gasteiger partial charge on any atom is 0.322 e. The molecule has 128 valence electrons. The number of thiophene rings is 1. The van der Waals surface area contributed by atoms with Gasteiger partial charge in [0.05, 0.1) is 18.3 Å². The van der Waals surface area contributed by atoms with E-state index in [0.29, 0.717) is 6.61 Å². The van der Waals surface area contributed by atoms with E-state index in [9.17, 15) is 4.79 Å². The van der Waals surface area contributed by atoms with E-state index in [1.165, 1.54) is 17.7 Å². The molecule has 0 radical (unpaired) electrons. The third-order valence-corrected chi connectivity index (χ3v) is 5.29. The zero-order chi connectivity index (χ0) is 16.8. The lowest BCUT2D eigenvalue weighted by molar-refractivity contribution is 0.190. The van der Waals surface area contributed by atoms with Crippen LogP contribution in [0.4, 0.5) is 10.5 Å². The summed E-state index contributed by atoms with van der Waals surface area (Å²) in [5, 5.41) is 5.14. The molecule has 5 heteroatoms. The Morgan fingerprint density at radius 2 is 2.12 bits per heavy atom. The van der Waals surface area contributed by atoms with Gasteiger partial charge in [-0.3, -0.25) is 0 Å². The largest absolute Gasteiger partial charge is 0.492 e. The maximum absolute atomic E-state index is 12.9. The summed E-state index contributed by atoms with van der Waals surface area (Å²) in [4.78, 5) is 16.2. The second kappa shape index (κ2) is 8.20. The van der Waals surface area contributed by atoms with Gasteiger partial charge >= 0.3 is 6.03 Å². The Balaban J connectivity index is 1.79. The molecular formula is C19H24N2O2S. The Bertz CT molecular complexity index is 657. The van der Waals surface area contributed by atoms with Crippen molar-refractivity contribution in [3.8, 4) is 5.75 Å². The van der Waals surface area contributed by atoms with Crippen molar-refractivity contribution < 1.29 is 9.53 Å². The lowest BCUT2D eigenvalue weighted by Gasteiger charge is -2.29. The van der Waals surface area contributed by atoms with E-state index < -0.39 is 0 Å². The number of nitrogens with one attached hydrogen (secondary N) is 1. The second-order valence-electron chi connectivity index (χ2n) is 5.93. The SMILES string of the molecule is CCOc1ccccc1NC(=O)N1CCCCCC1c1cccs1. The van der Waals surface area contributed by atoms with Gasteiger partial charge in [0, 0.05) is 11.4 Å². The quantitative estimate of drug-likeness (QED) is 0.818. The number of para-hydroxylation sites is 2. The lowest BCUT2D eigenvalue weighted by Crippen LogP contribution is -2.37. The highest BCUT2D eigenvalue weighted by Crippen LogP contribution is 2.34. The van der Waals surface area contributed by atoms with Crippen LogP contribution in [0.25, 0.3) is 0 Å². The summed E-state index contributed by atoms with van der Waals surface area (Å²) in [7, 11) is 0. The van der Waals surface area contributed by atoms with Crippen LogP contribution in [0.3, 0.4) is 0 Å². The van der Waals surface area contributed by atoms with Crippen LogP contribution in [0.1, 0.15) is 43.5 Å². The third-order valence-electron chi connectivity index (χ3n) is 4.31. The van der Waals surface area contributed by atoms with Gasteiger partial charge in [0.1, 0.15) is 5.75 Å². The zero-order valence-electron chi connectivity index (χ0n) is 14.0. The van der Waals surface area contributed by atoms with Crippen molar-refractivity contribution >= 4 is 23.1 Å². The first-order valence-corrected chi connectivity index (χ1v) is 9.50. The van der Waals surface area contributed by atoms with E-state index in [1.807, 2.05) is 36.1 Å². The van der Waals surface area contributed by atoms with Crippen LogP contribution in [0.5, 0.6) is 5.75 Å². The maximum atomic E-state index is 12.9. The number of benzene rings is 1. The Kier molecular flexibility index (Phi) is 5.75. The summed E-state index contributed by atoms with van der Waals surface area (Å²) in [6.07, 6.45) is 4.44. The molecule has 1 aliphatic heterocycles. The minimum absolute atomic E-state index is 0.0394. The Morgan fingerprint density at radius 3 is 2.92 bits per heavy atom. The Hall–Kier alpha value is -2.01. The number of amides is 2. The summed E-state index contributed by atoms with van der Waals surface area (Å²) in [6, 6.07) is 11.9. The van der Waals surface area contributed by atoms with E-state index in [1.54, 1.807) is 11.3 Å². The molecule has 0 aliphatic carbocycles. The second-order valence-corrected chi connectivity index (χ2v) is 6.91. The fourth-order valence-corrected chi connectivity index (χ4v) is 4.04. The number of ether oxygens (including phenoxy) is 1. The molecule has 1 unspecified atom stereocenters. The van der Waals surface area contributed by atoms with Crippen LogP contribution in [-0.4, -0.2) is 24.1 Å². The van der Waals surface area contributed by atoms with Gasteiger partial charge in [0.2, 0.25) is 0 Å². The number of nitrogens with zero attached hydrogens (tertiary/aromatic N) is 1. The minimum atomic E-state index is -0.0394. The van der Waals surface area contributed by atoms with E-state index in [-0.39, 0.29) is 12.1 Å². The van der Waals surface area contributed by atoms with Gasteiger partial charge in [-0.1, -0.05) is 31.0 Å². The average Bonchev–Trinajstić information content (AvgIpc) is 3.01. The highest BCUT2D eigenvalue weighted by molar-refractivity contribution is 7.10. The molecule has 1 fully saturated rings. The van der Waals surface area contributed by atoms with Gasteiger partial charge in [0.25, 0.3) is 0 Å². The molecular weight excluding hydrogens is 320 g/mol. The molecule has 4 nitrogen and oxygen atoms in total. The molecule has 1 N–H and O–H groups in total. The van der Waals surface area contributed by atoms with Crippen LogP contribution >= 0.6 is 11.3 Å². The molecule has 1 aliphatic rings. The molecule has 1 saturated heterocycles. The monoisotopic (exact) mass is 344 g/mol. The number of hydrogen-bond donors (Lipinski definition) is 1. The highest BCUT2D eigenvalue weighted by atomic mass is 32.1.